The molecule has 0 atom stereocenters. The van der Waals surface area contributed by atoms with Crippen molar-refractivity contribution in [1.82, 2.24) is 14.9 Å². The number of rotatable bonds is 5. The maximum atomic E-state index is 10.9. The van der Waals surface area contributed by atoms with Gasteiger partial charge < -0.3 is 9.84 Å². The van der Waals surface area contributed by atoms with Crippen LogP contribution in [0.15, 0.2) is 17.2 Å². The number of aryl methyl sites for hydroxylation is 1. The summed E-state index contributed by atoms with van der Waals surface area (Å²) >= 11 is 5.05. The maximum Gasteiger partial charge on any atom is 0.315 e. The average molecular weight is 323 g/mol. The van der Waals surface area contributed by atoms with E-state index in [2.05, 4.69) is 15.3 Å². The van der Waals surface area contributed by atoms with E-state index in [-0.39, 0.29) is 5.75 Å². The molecule has 2 rings (SSSR count). The Morgan fingerprint density at radius 3 is 2.95 bits per heavy atom. The molecule has 0 unspecified atom stereocenters. The highest BCUT2D eigenvalue weighted by atomic mass is 32.1. The van der Waals surface area contributed by atoms with Gasteiger partial charge in [-0.05, 0) is 18.3 Å². The molecule has 0 radical (unpaired) electrons. The van der Waals surface area contributed by atoms with Gasteiger partial charge in [-0.3, -0.25) is 15.2 Å². The molecule has 2 N–H and O–H groups in total. The van der Waals surface area contributed by atoms with Crippen molar-refractivity contribution in [3.8, 4) is 11.5 Å². The first kappa shape index (κ1) is 15.6. The lowest BCUT2D eigenvalue weighted by Crippen LogP contribution is -1.98. The molecule has 1 aromatic heterocycles. The molecule has 0 amide bonds. The third kappa shape index (κ3) is 2.96. The second-order valence-electron chi connectivity index (χ2n) is 4.20. The van der Waals surface area contributed by atoms with E-state index in [1.165, 1.54) is 30.1 Å². The van der Waals surface area contributed by atoms with E-state index in [1.807, 2.05) is 6.92 Å². The molecule has 1 aromatic carbocycles. The van der Waals surface area contributed by atoms with E-state index in [0.717, 1.165) is 0 Å². The Labute approximate surface area is 130 Å². The van der Waals surface area contributed by atoms with Crippen molar-refractivity contribution in [2.75, 3.05) is 7.11 Å². The van der Waals surface area contributed by atoms with Crippen LogP contribution in [0.25, 0.3) is 0 Å². The van der Waals surface area contributed by atoms with Crippen molar-refractivity contribution < 1.29 is 14.8 Å². The van der Waals surface area contributed by atoms with Gasteiger partial charge in [0.1, 0.15) is 0 Å². The van der Waals surface area contributed by atoms with Gasteiger partial charge in [0.15, 0.2) is 11.6 Å². The van der Waals surface area contributed by atoms with Crippen LogP contribution in [-0.2, 0) is 6.42 Å². The highest BCUT2D eigenvalue weighted by Gasteiger charge is 2.19. The number of hydrogen-bond acceptors (Lipinski definition) is 7. The Morgan fingerprint density at radius 1 is 1.64 bits per heavy atom. The zero-order valence-corrected chi connectivity index (χ0v) is 12.6. The first-order chi connectivity index (χ1) is 10.5. The van der Waals surface area contributed by atoms with Crippen LogP contribution < -0.4 is 4.74 Å². The Hall–Kier alpha value is -2.75. The SMILES string of the molecule is CCc1n[nH]c(=S)n1/N=C\c1cc(OC)c(O)c([N+](=O)[O-])c1. The van der Waals surface area contributed by atoms with Gasteiger partial charge in [-0.1, -0.05) is 6.92 Å². The molecule has 9 nitrogen and oxygen atoms in total. The van der Waals surface area contributed by atoms with Gasteiger partial charge in [-0.25, -0.2) is 0 Å². The average Bonchev–Trinajstić information content (AvgIpc) is 2.86. The summed E-state index contributed by atoms with van der Waals surface area (Å²) in [7, 11) is 1.31. The molecule has 0 aliphatic rings. The molecule has 10 heteroatoms. The standard InChI is InChI=1S/C12H13N5O4S/c1-3-10-14-15-12(22)16(10)13-6-7-4-8(17(19)20)11(18)9(5-7)21-2/h4-6,18H,3H2,1-2H3,(H,15,22)/b13-6-. The number of benzene rings is 1. The van der Waals surface area contributed by atoms with E-state index in [4.69, 9.17) is 17.0 Å². The number of ether oxygens (including phenoxy) is 1. The highest BCUT2D eigenvalue weighted by Crippen LogP contribution is 2.36. The van der Waals surface area contributed by atoms with Gasteiger partial charge >= 0.3 is 5.69 Å². The fraction of sp³-hybridized carbons (Fsp3) is 0.250. The van der Waals surface area contributed by atoms with Gasteiger partial charge in [0.25, 0.3) is 0 Å². The molecule has 0 saturated carbocycles. The van der Waals surface area contributed by atoms with E-state index >= 15 is 0 Å². The zero-order valence-electron chi connectivity index (χ0n) is 11.8. The molecule has 0 fully saturated rings. The number of nitro groups is 1. The molecule has 0 saturated heterocycles. The van der Waals surface area contributed by atoms with Crippen molar-refractivity contribution in [1.29, 1.82) is 0 Å². The molecule has 0 spiro atoms. The van der Waals surface area contributed by atoms with Crippen LogP contribution in [0.3, 0.4) is 0 Å². The van der Waals surface area contributed by atoms with Crippen LogP contribution >= 0.6 is 12.2 Å². The number of nitrogens with one attached hydrogen (secondary N) is 1. The second kappa shape index (κ2) is 6.35. The minimum atomic E-state index is -0.698. The number of phenols is 1. The van der Waals surface area contributed by atoms with Crippen molar-refractivity contribution in [2.45, 2.75) is 13.3 Å². The number of aromatic nitrogens is 3. The third-order valence-electron chi connectivity index (χ3n) is 2.85. The van der Waals surface area contributed by atoms with Crippen LogP contribution in [0.2, 0.25) is 0 Å². The lowest BCUT2D eigenvalue weighted by Gasteiger charge is -2.05. The summed E-state index contributed by atoms with van der Waals surface area (Å²) in [6.07, 6.45) is 1.99. The van der Waals surface area contributed by atoms with Crippen molar-refractivity contribution in [2.24, 2.45) is 5.10 Å². The summed E-state index contributed by atoms with van der Waals surface area (Å²) in [6, 6.07) is 2.62. The van der Waals surface area contributed by atoms with Crippen LogP contribution in [0.4, 0.5) is 5.69 Å². The second-order valence-corrected chi connectivity index (χ2v) is 4.59. The van der Waals surface area contributed by atoms with E-state index in [1.54, 1.807) is 0 Å². The predicted molar refractivity (Wildman–Crippen MR) is 81.1 cm³/mol. The predicted octanol–water partition coefficient (Wildman–Crippen LogP) is 2.01. The van der Waals surface area contributed by atoms with Gasteiger partial charge in [-0.2, -0.15) is 14.9 Å². The first-order valence-electron chi connectivity index (χ1n) is 6.24. The van der Waals surface area contributed by atoms with Gasteiger partial charge in [-0.15, -0.1) is 0 Å². The van der Waals surface area contributed by atoms with Crippen LogP contribution in [0.1, 0.15) is 18.3 Å². The summed E-state index contributed by atoms with van der Waals surface area (Å²) in [6.45, 7) is 1.89. The lowest BCUT2D eigenvalue weighted by atomic mass is 10.2. The van der Waals surface area contributed by atoms with E-state index in [0.29, 0.717) is 22.6 Å². The fourth-order valence-corrected chi connectivity index (χ4v) is 1.98. The molecular formula is C12H13N5O4S. The van der Waals surface area contributed by atoms with Gasteiger partial charge in [0, 0.05) is 18.1 Å². The number of nitrogens with zero attached hydrogens (tertiary/aromatic N) is 4. The summed E-state index contributed by atoms with van der Waals surface area (Å²) in [5.74, 6) is 0.0856. The summed E-state index contributed by atoms with van der Waals surface area (Å²) < 4.78 is 6.65. The molecule has 0 bridgehead atoms. The van der Waals surface area contributed by atoms with E-state index < -0.39 is 16.4 Å². The molecule has 22 heavy (non-hydrogen) atoms. The topological polar surface area (TPSA) is 119 Å². The Balaban J connectivity index is 2.47. The Morgan fingerprint density at radius 2 is 2.36 bits per heavy atom. The number of phenolic OH excluding ortho intramolecular Hbond substituents is 1. The number of aromatic amines is 1. The lowest BCUT2D eigenvalue weighted by molar-refractivity contribution is -0.386. The minimum absolute atomic E-state index is 0.0119. The molecule has 0 aliphatic carbocycles. The number of H-pyrrole nitrogens is 1. The number of nitro benzene ring substituents is 1. The summed E-state index contributed by atoms with van der Waals surface area (Å²) in [5.41, 5.74) is -0.0844. The summed E-state index contributed by atoms with van der Waals surface area (Å²) in [5, 5.41) is 31.4. The van der Waals surface area contributed by atoms with E-state index in [9.17, 15) is 15.2 Å². The zero-order chi connectivity index (χ0) is 16.3. The fourth-order valence-electron chi connectivity index (χ4n) is 1.78. The Kier molecular flexibility index (Phi) is 4.51. The van der Waals surface area contributed by atoms with Gasteiger partial charge in [0.05, 0.1) is 18.2 Å². The third-order valence-corrected chi connectivity index (χ3v) is 3.11. The molecule has 1 heterocycles. The van der Waals surface area contributed by atoms with Crippen molar-refractivity contribution in [3.63, 3.8) is 0 Å². The minimum Gasteiger partial charge on any atom is -0.500 e. The Bertz CT molecular complexity index is 795. The molecule has 116 valence electrons. The first-order valence-corrected chi connectivity index (χ1v) is 6.64. The maximum absolute atomic E-state index is 10.9. The molecule has 2 aromatic rings. The number of methoxy groups -OCH3 is 1. The molecular weight excluding hydrogens is 310 g/mol. The van der Waals surface area contributed by atoms with Gasteiger partial charge in [0.2, 0.25) is 10.5 Å². The monoisotopic (exact) mass is 323 g/mol. The number of aromatic hydroxyl groups is 1. The van der Waals surface area contributed by atoms with Crippen molar-refractivity contribution in [3.05, 3.63) is 38.4 Å². The number of hydrogen-bond donors (Lipinski definition) is 2. The largest absolute Gasteiger partial charge is 0.500 e. The molecule has 0 aliphatic heterocycles. The quantitative estimate of drug-likeness (QED) is 0.376. The normalized spacial score (nSPS) is 11.0. The van der Waals surface area contributed by atoms with Crippen LogP contribution in [0, 0.1) is 14.9 Å². The summed E-state index contributed by atoms with van der Waals surface area (Å²) in [4.78, 5) is 10.2. The highest BCUT2D eigenvalue weighted by molar-refractivity contribution is 7.71. The smallest absolute Gasteiger partial charge is 0.315 e. The van der Waals surface area contributed by atoms with Crippen LogP contribution in [0.5, 0.6) is 11.5 Å². The van der Waals surface area contributed by atoms with Crippen LogP contribution in [-0.4, -0.2) is 38.2 Å². The van der Waals surface area contributed by atoms with Crippen molar-refractivity contribution >= 4 is 24.1 Å².